The second-order valence-corrected chi connectivity index (χ2v) is 6.23. The van der Waals surface area contributed by atoms with E-state index in [0.717, 1.165) is 0 Å². The van der Waals surface area contributed by atoms with E-state index in [-0.39, 0.29) is 11.1 Å². The van der Waals surface area contributed by atoms with Crippen molar-refractivity contribution in [1.29, 1.82) is 0 Å². The molecule has 0 N–H and O–H groups in total. The Balaban J connectivity index is 5.03. The molecule has 0 bridgehead atoms. The smallest absolute Gasteiger partial charge is 0.0284 e. The van der Waals surface area contributed by atoms with E-state index >= 15 is 0 Å². The van der Waals surface area contributed by atoms with Gasteiger partial charge in [0.2, 0.25) is 0 Å². The second-order valence-electron chi connectivity index (χ2n) is 6.23. The summed E-state index contributed by atoms with van der Waals surface area (Å²) in [5, 5.41) is 0. The first-order valence-corrected chi connectivity index (χ1v) is 5.42. The third-order valence-electron chi connectivity index (χ3n) is 2.55. The van der Waals surface area contributed by atoms with Crippen LogP contribution in [0.5, 0.6) is 0 Å². The maximum Gasteiger partial charge on any atom is 0.0284 e. The zero-order valence-corrected chi connectivity index (χ0v) is 11.2. The molecule has 1 atom stereocenters. The van der Waals surface area contributed by atoms with Gasteiger partial charge in [0.15, 0.2) is 0 Å². The van der Waals surface area contributed by atoms with Crippen LogP contribution >= 0.6 is 0 Å². The molecular formula is C13H27N. The number of nitrogens with zero attached hydrogens (tertiary/aromatic N) is 1. The van der Waals surface area contributed by atoms with Crippen LogP contribution < -0.4 is 0 Å². The summed E-state index contributed by atoms with van der Waals surface area (Å²) in [4.78, 5) is 2.52. The number of rotatable bonds is 2. The molecule has 0 spiro atoms. The first-order chi connectivity index (χ1) is 5.98. The predicted octanol–water partition coefficient (Wildman–Crippen LogP) is 3.85. The Morgan fingerprint density at radius 1 is 1.00 bits per heavy atom. The highest BCUT2D eigenvalue weighted by Gasteiger charge is 2.35. The Morgan fingerprint density at radius 2 is 1.29 bits per heavy atom. The van der Waals surface area contributed by atoms with E-state index in [1.165, 1.54) is 5.57 Å². The number of hydrogen-bond acceptors (Lipinski definition) is 1. The lowest BCUT2D eigenvalue weighted by Crippen LogP contribution is -2.56. The Kier molecular flexibility index (Phi) is 3.97. The molecule has 0 radical (unpaired) electrons. The molecule has 1 heteroatoms. The second kappa shape index (κ2) is 4.06. The van der Waals surface area contributed by atoms with Crippen LogP contribution in [0.1, 0.15) is 55.4 Å². The molecule has 0 aromatic rings. The Morgan fingerprint density at radius 3 is 1.36 bits per heavy atom. The van der Waals surface area contributed by atoms with Crippen molar-refractivity contribution in [3.63, 3.8) is 0 Å². The van der Waals surface area contributed by atoms with E-state index in [1.807, 2.05) is 0 Å². The summed E-state index contributed by atoms with van der Waals surface area (Å²) in [6, 6.07) is 0.426. The highest BCUT2D eigenvalue weighted by atomic mass is 15.3. The average Bonchev–Trinajstić information content (AvgIpc) is 1.79. The summed E-state index contributed by atoms with van der Waals surface area (Å²) in [6.45, 7) is 22.0. The highest BCUT2D eigenvalue weighted by molar-refractivity contribution is 5.05. The van der Waals surface area contributed by atoms with E-state index in [1.54, 1.807) is 0 Å². The van der Waals surface area contributed by atoms with Gasteiger partial charge in [0, 0.05) is 17.1 Å². The molecule has 0 aromatic heterocycles. The molecule has 14 heavy (non-hydrogen) atoms. The van der Waals surface area contributed by atoms with Crippen LogP contribution in [-0.2, 0) is 0 Å². The minimum absolute atomic E-state index is 0.177. The van der Waals surface area contributed by atoms with E-state index in [4.69, 9.17) is 0 Å². The molecule has 0 saturated heterocycles. The minimum atomic E-state index is 0.177. The zero-order chi connectivity index (χ0) is 11.7. The van der Waals surface area contributed by atoms with E-state index in [9.17, 15) is 0 Å². The van der Waals surface area contributed by atoms with Crippen LogP contribution in [-0.4, -0.2) is 22.0 Å². The largest absolute Gasteiger partial charge is 0.287 e. The number of hydrogen-bond donors (Lipinski definition) is 0. The summed E-state index contributed by atoms with van der Waals surface area (Å²) >= 11 is 0. The summed E-state index contributed by atoms with van der Waals surface area (Å²) in [7, 11) is 0. The Bertz CT molecular complexity index is 188. The average molecular weight is 197 g/mol. The first-order valence-electron chi connectivity index (χ1n) is 5.42. The highest BCUT2D eigenvalue weighted by Crippen LogP contribution is 2.29. The summed E-state index contributed by atoms with van der Waals surface area (Å²) < 4.78 is 0. The normalized spacial score (nSPS) is 15.8. The maximum atomic E-state index is 4.06. The van der Waals surface area contributed by atoms with Gasteiger partial charge < -0.3 is 0 Å². The van der Waals surface area contributed by atoms with E-state index in [2.05, 4.69) is 66.9 Å². The third-order valence-corrected chi connectivity index (χ3v) is 2.55. The van der Waals surface area contributed by atoms with Gasteiger partial charge in [-0.2, -0.15) is 0 Å². The third kappa shape index (κ3) is 3.45. The molecule has 1 nitrogen and oxygen atoms in total. The van der Waals surface area contributed by atoms with Gasteiger partial charge in [-0.15, -0.1) is 0 Å². The first kappa shape index (κ1) is 13.7. The van der Waals surface area contributed by atoms with Crippen LogP contribution in [0.3, 0.4) is 0 Å². The van der Waals surface area contributed by atoms with Crippen molar-refractivity contribution in [3.8, 4) is 0 Å². The van der Waals surface area contributed by atoms with Gasteiger partial charge in [-0.1, -0.05) is 12.2 Å². The van der Waals surface area contributed by atoms with Crippen molar-refractivity contribution in [2.24, 2.45) is 0 Å². The predicted molar refractivity (Wildman–Crippen MR) is 65.6 cm³/mol. The fourth-order valence-electron chi connectivity index (χ4n) is 2.39. The fraction of sp³-hybridized carbons (Fsp3) is 0.846. The quantitative estimate of drug-likeness (QED) is 0.608. The molecule has 0 aliphatic carbocycles. The van der Waals surface area contributed by atoms with Gasteiger partial charge >= 0.3 is 0 Å². The molecular weight excluding hydrogens is 170 g/mol. The monoisotopic (exact) mass is 197 g/mol. The van der Waals surface area contributed by atoms with Crippen molar-refractivity contribution < 1.29 is 0 Å². The van der Waals surface area contributed by atoms with Crippen LogP contribution in [0.15, 0.2) is 12.2 Å². The van der Waals surface area contributed by atoms with Crippen LogP contribution in [0, 0.1) is 0 Å². The molecule has 0 heterocycles. The molecule has 0 saturated carbocycles. The molecule has 0 fully saturated rings. The standard InChI is InChI=1S/C13H27N/c1-10(2)11(3)14(12(4,5)6)13(7,8)9/h11H,1H2,2-9H3. The molecule has 0 aliphatic heterocycles. The molecule has 84 valence electrons. The lowest BCUT2D eigenvalue weighted by atomic mass is 9.91. The molecule has 0 aliphatic rings. The van der Waals surface area contributed by atoms with Crippen molar-refractivity contribution in [1.82, 2.24) is 4.90 Å². The summed E-state index contributed by atoms with van der Waals surface area (Å²) in [5.74, 6) is 0. The lowest BCUT2D eigenvalue weighted by molar-refractivity contribution is 0.0143. The van der Waals surface area contributed by atoms with Crippen LogP contribution in [0.2, 0.25) is 0 Å². The maximum absolute atomic E-state index is 4.06. The lowest BCUT2D eigenvalue weighted by Gasteiger charge is -2.49. The topological polar surface area (TPSA) is 3.24 Å². The van der Waals surface area contributed by atoms with Crippen LogP contribution in [0.25, 0.3) is 0 Å². The van der Waals surface area contributed by atoms with Crippen molar-refractivity contribution >= 4 is 0 Å². The molecule has 0 rings (SSSR count). The van der Waals surface area contributed by atoms with Gasteiger partial charge in [-0.25, -0.2) is 0 Å². The summed E-state index contributed by atoms with van der Waals surface area (Å²) in [6.07, 6.45) is 0. The molecule has 0 aromatic carbocycles. The van der Waals surface area contributed by atoms with Crippen molar-refractivity contribution in [2.75, 3.05) is 0 Å². The summed E-state index contributed by atoms with van der Waals surface area (Å²) in [5.41, 5.74) is 1.59. The zero-order valence-electron chi connectivity index (χ0n) is 11.2. The van der Waals surface area contributed by atoms with Crippen molar-refractivity contribution in [3.05, 3.63) is 12.2 Å². The molecule has 0 amide bonds. The van der Waals surface area contributed by atoms with Gasteiger partial charge in [-0.3, -0.25) is 4.90 Å². The van der Waals surface area contributed by atoms with Crippen LogP contribution in [0.4, 0.5) is 0 Å². The van der Waals surface area contributed by atoms with Gasteiger partial charge in [0.05, 0.1) is 0 Å². The Labute approximate surface area is 90.2 Å². The van der Waals surface area contributed by atoms with Gasteiger partial charge in [0.25, 0.3) is 0 Å². The van der Waals surface area contributed by atoms with E-state index in [0.29, 0.717) is 6.04 Å². The fourth-order valence-corrected chi connectivity index (χ4v) is 2.39. The Hall–Kier alpha value is -0.300. The van der Waals surface area contributed by atoms with E-state index < -0.39 is 0 Å². The van der Waals surface area contributed by atoms with Gasteiger partial charge in [0.1, 0.15) is 0 Å². The van der Waals surface area contributed by atoms with Crippen molar-refractivity contribution in [2.45, 2.75) is 72.5 Å². The molecule has 1 unspecified atom stereocenters. The SMILES string of the molecule is C=C(C)C(C)N(C(C)(C)C)C(C)(C)C. The van der Waals surface area contributed by atoms with Gasteiger partial charge in [-0.05, 0) is 55.4 Å². The minimum Gasteiger partial charge on any atom is -0.287 e.